The van der Waals surface area contributed by atoms with Crippen LogP contribution in [0.25, 0.3) is 0 Å². The Kier molecular flexibility index (Phi) is 3.87. The first-order valence-electron chi connectivity index (χ1n) is 6.00. The molecule has 1 unspecified atom stereocenters. The molecule has 21 heavy (non-hydrogen) atoms. The third-order valence-electron chi connectivity index (χ3n) is 3.17. The summed E-state index contributed by atoms with van der Waals surface area (Å²) in [5.74, 6) is -1.69. The molecule has 1 fully saturated rings. The average Bonchev–Trinajstić information content (AvgIpc) is 2.67. The van der Waals surface area contributed by atoms with Gasteiger partial charge in [0.05, 0.1) is 22.6 Å². The zero-order valence-corrected chi connectivity index (χ0v) is 11.5. The Bertz CT molecular complexity index is 670. The van der Waals surface area contributed by atoms with Crippen LogP contribution in [0.4, 0.5) is 18.9 Å². The third-order valence-corrected chi connectivity index (χ3v) is 4.94. The SMILES string of the molecule is O=C(O)c1cc(C(F)(F)F)ccc1NC1CCS(=O)(=O)C1. The van der Waals surface area contributed by atoms with Crippen LogP contribution in [0.5, 0.6) is 0 Å². The van der Waals surface area contributed by atoms with E-state index in [1.807, 2.05) is 0 Å². The van der Waals surface area contributed by atoms with Gasteiger partial charge in [-0.15, -0.1) is 0 Å². The maximum atomic E-state index is 12.6. The zero-order chi connectivity index (χ0) is 15.8. The zero-order valence-electron chi connectivity index (χ0n) is 10.6. The second-order valence-corrected chi connectivity index (χ2v) is 7.04. The summed E-state index contributed by atoms with van der Waals surface area (Å²) in [6.45, 7) is 0. The lowest BCUT2D eigenvalue weighted by Gasteiger charge is -2.16. The standard InChI is InChI=1S/C12H12F3NO4S/c13-12(14,15)7-1-2-10(9(5-7)11(17)18)16-8-3-4-21(19,20)6-8/h1-2,5,8,16H,3-4,6H2,(H,17,18). The van der Waals surface area contributed by atoms with Gasteiger partial charge >= 0.3 is 12.1 Å². The maximum Gasteiger partial charge on any atom is 0.416 e. The topological polar surface area (TPSA) is 83.5 Å². The minimum absolute atomic E-state index is 0.0161. The number of carboxylic acids is 1. The van der Waals surface area contributed by atoms with Gasteiger partial charge in [-0.3, -0.25) is 0 Å². The molecular weight excluding hydrogens is 311 g/mol. The highest BCUT2D eigenvalue weighted by molar-refractivity contribution is 7.91. The molecule has 1 saturated heterocycles. The molecule has 9 heteroatoms. The minimum Gasteiger partial charge on any atom is -0.478 e. The summed E-state index contributed by atoms with van der Waals surface area (Å²) in [4.78, 5) is 11.1. The van der Waals surface area contributed by atoms with Crippen molar-refractivity contribution in [3.05, 3.63) is 29.3 Å². The molecule has 0 radical (unpaired) electrons. The van der Waals surface area contributed by atoms with Crippen LogP contribution in [-0.2, 0) is 16.0 Å². The van der Waals surface area contributed by atoms with Crippen LogP contribution in [0, 0.1) is 0 Å². The largest absolute Gasteiger partial charge is 0.478 e. The molecule has 1 aliphatic heterocycles. The molecule has 0 aromatic heterocycles. The van der Waals surface area contributed by atoms with Crippen molar-refractivity contribution in [3.63, 3.8) is 0 Å². The first-order valence-corrected chi connectivity index (χ1v) is 7.82. The number of carboxylic acid groups (broad SMARTS) is 1. The molecule has 5 nitrogen and oxygen atoms in total. The molecule has 0 bridgehead atoms. The Morgan fingerprint density at radius 3 is 2.48 bits per heavy atom. The number of sulfone groups is 1. The van der Waals surface area contributed by atoms with Crippen LogP contribution in [-0.4, -0.2) is 37.0 Å². The van der Waals surface area contributed by atoms with E-state index in [4.69, 9.17) is 5.11 Å². The van der Waals surface area contributed by atoms with Gasteiger partial charge < -0.3 is 10.4 Å². The lowest BCUT2D eigenvalue weighted by atomic mass is 10.1. The Hall–Kier alpha value is -1.77. The van der Waals surface area contributed by atoms with Crippen molar-refractivity contribution in [2.75, 3.05) is 16.8 Å². The number of anilines is 1. The van der Waals surface area contributed by atoms with Gasteiger partial charge in [0.25, 0.3) is 0 Å². The summed E-state index contributed by atoms with van der Waals surface area (Å²) < 4.78 is 60.4. The van der Waals surface area contributed by atoms with E-state index in [1.165, 1.54) is 0 Å². The first-order chi connectivity index (χ1) is 9.58. The fourth-order valence-corrected chi connectivity index (χ4v) is 3.83. The number of rotatable bonds is 3. The van der Waals surface area contributed by atoms with E-state index in [0.717, 1.165) is 12.1 Å². The molecule has 0 amide bonds. The number of halogens is 3. The second-order valence-electron chi connectivity index (χ2n) is 4.81. The van der Waals surface area contributed by atoms with Crippen molar-refractivity contribution in [1.82, 2.24) is 0 Å². The van der Waals surface area contributed by atoms with Crippen molar-refractivity contribution >= 4 is 21.5 Å². The van der Waals surface area contributed by atoms with Gasteiger partial charge in [0.15, 0.2) is 9.84 Å². The summed E-state index contributed by atoms with van der Waals surface area (Å²) in [6, 6.07) is 1.81. The number of hydrogen-bond acceptors (Lipinski definition) is 4. The van der Waals surface area contributed by atoms with E-state index in [9.17, 15) is 26.4 Å². The highest BCUT2D eigenvalue weighted by Gasteiger charge is 2.33. The van der Waals surface area contributed by atoms with E-state index in [0.29, 0.717) is 12.5 Å². The van der Waals surface area contributed by atoms with Crippen LogP contribution in [0.2, 0.25) is 0 Å². The number of carbonyl (C=O) groups is 1. The number of benzene rings is 1. The number of nitrogens with one attached hydrogen (secondary N) is 1. The lowest BCUT2D eigenvalue weighted by molar-refractivity contribution is -0.137. The lowest BCUT2D eigenvalue weighted by Crippen LogP contribution is -2.22. The molecule has 116 valence electrons. The van der Waals surface area contributed by atoms with Gasteiger partial charge in [0.2, 0.25) is 0 Å². The number of alkyl halides is 3. The molecule has 1 heterocycles. The van der Waals surface area contributed by atoms with E-state index >= 15 is 0 Å². The van der Waals surface area contributed by atoms with Crippen molar-refractivity contribution in [2.24, 2.45) is 0 Å². The molecule has 1 atom stereocenters. The fraction of sp³-hybridized carbons (Fsp3) is 0.417. The summed E-state index contributed by atoms with van der Waals surface area (Å²) in [5.41, 5.74) is -1.61. The number of aromatic carboxylic acids is 1. The summed E-state index contributed by atoms with van der Waals surface area (Å²) in [5, 5.41) is 11.7. The highest BCUT2D eigenvalue weighted by Crippen LogP contribution is 2.32. The monoisotopic (exact) mass is 323 g/mol. The first kappa shape index (κ1) is 15.6. The molecule has 0 aliphatic carbocycles. The molecule has 2 N–H and O–H groups in total. The molecule has 1 aliphatic rings. The third kappa shape index (κ3) is 3.66. The van der Waals surface area contributed by atoms with Gasteiger partial charge in [0, 0.05) is 11.7 Å². The van der Waals surface area contributed by atoms with Gasteiger partial charge in [-0.1, -0.05) is 0 Å². The predicted molar refractivity (Wildman–Crippen MR) is 69.1 cm³/mol. The van der Waals surface area contributed by atoms with E-state index in [1.54, 1.807) is 0 Å². The molecule has 1 aromatic rings. The molecule has 2 rings (SSSR count). The van der Waals surface area contributed by atoms with E-state index in [2.05, 4.69) is 5.32 Å². The molecular formula is C12H12F3NO4S. The van der Waals surface area contributed by atoms with Crippen LogP contribution >= 0.6 is 0 Å². The fourth-order valence-electron chi connectivity index (χ4n) is 2.15. The molecule has 1 aromatic carbocycles. The molecule has 0 saturated carbocycles. The van der Waals surface area contributed by atoms with Crippen molar-refractivity contribution in [1.29, 1.82) is 0 Å². The quantitative estimate of drug-likeness (QED) is 0.889. The van der Waals surface area contributed by atoms with Crippen molar-refractivity contribution in [3.8, 4) is 0 Å². The Morgan fingerprint density at radius 1 is 1.33 bits per heavy atom. The van der Waals surface area contributed by atoms with Crippen LogP contribution in [0.15, 0.2) is 18.2 Å². The maximum absolute atomic E-state index is 12.6. The Balaban J connectivity index is 2.30. The molecule has 0 spiro atoms. The Morgan fingerprint density at radius 2 is 2.00 bits per heavy atom. The van der Waals surface area contributed by atoms with Gasteiger partial charge in [-0.05, 0) is 24.6 Å². The predicted octanol–water partition coefficient (Wildman–Crippen LogP) is 2.00. The van der Waals surface area contributed by atoms with E-state index < -0.39 is 39.2 Å². The van der Waals surface area contributed by atoms with E-state index in [-0.39, 0.29) is 17.2 Å². The smallest absolute Gasteiger partial charge is 0.416 e. The Labute approximate surface area is 118 Å². The van der Waals surface area contributed by atoms with Crippen LogP contribution in [0.3, 0.4) is 0 Å². The average molecular weight is 323 g/mol. The summed E-state index contributed by atoms with van der Waals surface area (Å²) in [6.07, 6.45) is -4.35. The van der Waals surface area contributed by atoms with Crippen molar-refractivity contribution in [2.45, 2.75) is 18.6 Å². The summed E-state index contributed by atoms with van der Waals surface area (Å²) >= 11 is 0. The van der Waals surface area contributed by atoms with Gasteiger partial charge in [0.1, 0.15) is 0 Å². The van der Waals surface area contributed by atoms with Crippen LogP contribution < -0.4 is 5.32 Å². The highest BCUT2D eigenvalue weighted by atomic mass is 32.2. The second kappa shape index (κ2) is 5.21. The van der Waals surface area contributed by atoms with Crippen LogP contribution in [0.1, 0.15) is 22.3 Å². The van der Waals surface area contributed by atoms with Crippen molar-refractivity contribution < 1.29 is 31.5 Å². The number of hydrogen-bond donors (Lipinski definition) is 2. The summed E-state index contributed by atoms with van der Waals surface area (Å²) in [7, 11) is -3.17. The normalized spacial score (nSPS) is 21.2. The minimum atomic E-state index is -4.64. The van der Waals surface area contributed by atoms with Gasteiger partial charge in [-0.25, -0.2) is 13.2 Å². The van der Waals surface area contributed by atoms with Gasteiger partial charge in [-0.2, -0.15) is 13.2 Å².